The molecule has 2 aromatic rings. The molecule has 0 bridgehead atoms. The normalized spacial score (nSPS) is 10.2. The van der Waals surface area contributed by atoms with Crippen molar-refractivity contribution in [2.45, 2.75) is 6.42 Å². The third-order valence-corrected chi connectivity index (χ3v) is 3.80. The zero-order valence-corrected chi connectivity index (χ0v) is 11.6. The number of nitrogens with one attached hydrogen (secondary N) is 2. The van der Waals surface area contributed by atoms with Gasteiger partial charge >= 0.3 is 0 Å². The highest BCUT2D eigenvalue weighted by molar-refractivity contribution is 7.16. The number of hydrogen-bond donors (Lipinski definition) is 3. The minimum absolute atomic E-state index is 0.205. The average Bonchev–Trinajstić information content (AvgIpc) is 2.84. The molecule has 0 unspecified atom stereocenters. The summed E-state index contributed by atoms with van der Waals surface area (Å²) >= 11 is 7.35. The van der Waals surface area contributed by atoms with E-state index in [9.17, 15) is 4.79 Å². The van der Waals surface area contributed by atoms with Gasteiger partial charge in [-0.1, -0.05) is 11.6 Å². The first-order valence-electron chi connectivity index (χ1n) is 5.63. The van der Waals surface area contributed by atoms with E-state index in [1.165, 1.54) is 17.5 Å². The standard InChI is InChI=1S/C12H13ClN4OS/c13-11-2-1-8(19-11)3-6-16-12(18)9-7-15-5-4-10(9)17-14/h1-2,4-5,7H,3,6,14H2,(H,15,17)(H,16,18). The lowest BCUT2D eigenvalue weighted by atomic mass is 10.2. The smallest absolute Gasteiger partial charge is 0.255 e. The molecule has 2 aromatic heterocycles. The lowest BCUT2D eigenvalue weighted by Gasteiger charge is -2.08. The molecule has 7 heteroatoms. The topological polar surface area (TPSA) is 80.0 Å². The first-order chi connectivity index (χ1) is 9.20. The second-order valence-corrected chi connectivity index (χ2v) is 5.58. The average molecular weight is 297 g/mol. The van der Waals surface area contributed by atoms with Crippen LogP contribution in [0, 0.1) is 0 Å². The highest BCUT2D eigenvalue weighted by Crippen LogP contribution is 2.21. The predicted molar refractivity (Wildman–Crippen MR) is 77.4 cm³/mol. The molecule has 5 nitrogen and oxygen atoms in total. The minimum atomic E-state index is -0.205. The van der Waals surface area contributed by atoms with E-state index in [0.29, 0.717) is 17.8 Å². The van der Waals surface area contributed by atoms with E-state index in [2.05, 4.69) is 15.7 Å². The largest absolute Gasteiger partial charge is 0.352 e. The van der Waals surface area contributed by atoms with Gasteiger partial charge in [-0.3, -0.25) is 15.6 Å². The van der Waals surface area contributed by atoms with Gasteiger partial charge in [0.2, 0.25) is 0 Å². The molecular formula is C12H13ClN4OS. The van der Waals surface area contributed by atoms with E-state index in [0.717, 1.165) is 15.6 Å². The monoisotopic (exact) mass is 296 g/mol. The Morgan fingerprint density at radius 3 is 2.95 bits per heavy atom. The van der Waals surface area contributed by atoms with E-state index < -0.39 is 0 Å². The molecule has 0 saturated carbocycles. The van der Waals surface area contributed by atoms with E-state index in [1.807, 2.05) is 12.1 Å². The van der Waals surface area contributed by atoms with Crippen LogP contribution < -0.4 is 16.6 Å². The Kier molecular flexibility index (Phi) is 4.73. The number of carbonyl (C=O) groups is 1. The Morgan fingerprint density at radius 2 is 2.26 bits per heavy atom. The van der Waals surface area contributed by atoms with Crippen LogP contribution >= 0.6 is 22.9 Å². The lowest BCUT2D eigenvalue weighted by Crippen LogP contribution is -2.27. The van der Waals surface area contributed by atoms with Crippen LogP contribution in [0.25, 0.3) is 0 Å². The second kappa shape index (κ2) is 6.51. The summed E-state index contributed by atoms with van der Waals surface area (Å²) < 4.78 is 0.753. The number of pyridine rings is 1. The molecule has 1 amide bonds. The van der Waals surface area contributed by atoms with Crippen molar-refractivity contribution in [3.05, 3.63) is 45.4 Å². The van der Waals surface area contributed by atoms with Gasteiger partial charge in [0.15, 0.2) is 0 Å². The van der Waals surface area contributed by atoms with Gasteiger partial charge in [0.25, 0.3) is 5.91 Å². The molecule has 4 N–H and O–H groups in total. The number of amides is 1. The maximum atomic E-state index is 12.0. The maximum absolute atomic E-state index is 12.0. The van der Waals surface area contributed by atoms with Crippen molar-refractivity contribution in [1.29, 1.82) is 0 Å². The van der Waals surface area contributed by atoms with Crippen molar-refractivity contribution in [3.8, 4) is 0 Å². The van der Waals surface area contributed by atoms with Crippen molar-refractivity contribution >= 4 is 34.5 Å². The summed E-state index contributed by atoms with van der Waals surface area (Å²) in [5, 5.41) is 2.82. The zero-order chi connectivity index (χ0) is 13.7. The quantitative estimate of drug-likeness (QED) is 0.583. The summed E-state index contributed by atoms with van der Waals surface area (Å²) in [6, 6.07) is 5.45. The molecule has 0 aliphatic carbocycles. The van der Waals surface area contributed by atoms with Crippen LogP contribution in [0.15, 0.2) is 30.6 Å². The minimum Gasteiger partial charge on any atom is -0.352 e. The number of halogens is 1. The molecule has 19 heavy (non-hydrogen) atoms. The van der Waals surface area contributed by atoms with Crippen LogP contribution in [0.2, 0.25) is 4.34 Å². The van der Waals surface area contributed by atoms with Gasteiger partial charge in [-0.2, -0.15) is 0 Å². The molecule has 100 valence electrons. The van der Waals surface area contributed by atoms with E-state index >= 15 is 0 Å². The molecule has 0 radical (unpaired) electrons. The summed E-state index contributed by atoms with van der Waals surface area (Å²) in [5.41, 5.74) is 3.44. The summed E-state index contributed by atoms with van der Waals surface area (Å²) in [5.74, 6) is 5.14. The number of aromatic nitrogens is 1. The van der Waals surface area contributed by atoms with Crippen LogP contribution in [-0.4, -0.2) is 17.4 Å². The number of carbonyl (C=O) groups excluding carboxylic acids is 1. The first kappa shape index (κ1) is 13.8. The molecule has 0 spiro atoms. The summed E-state index contributed by atoms with van der Waals surface area (Å²) in [4.78, 5) is 17.0. The van der Waals surface area contributed by atoms with Gasteiger partial charge in [-0.25, -0.2) is 0 Å². The molecular weight excluding hydrogens is 284 g/mol. The second-order valence-electron chi connectivity index (χ2n) is 3.78. The Bertz CT molecular complexity index is 572. The Balaban J connectivity index is 1.90. The molecule has 2 rings (SSSR count). The highest BCUT2D eigenvalue weighted by atomic mass is 35.5. The number of nitrogens with zero attached hydrogens (tertiary/aromatic N) is 1. The van der Waals surface area contributed by atoms with E-state index in [-0.39, 0.29) is 5.91 Å². The van der Waals surface area contributed by atoms with Crippen LogP contribution in [0.1, 0.15) is 15.2 Å². The van der Waals surface area contributed by atoms with Gasteiger partial charge in [0, 0.05) is 23.8 Å². The van der Waals surface area contributed by atoms with E-state index in [4.69, 9.17) is 17.4 Å². The number of thiophene rings is 1. The fourth-order valence-electron chi connectivity index (χ4n) is 1.58. The number of hydrazine groups is 1. The van der Waals surface area contributed by atoms with Gasteiger partial charge in [-0.05, 0) is 24.6 Å². The third-order valence-electron chi connectivity index (χ3n) is 2.51. The van der Waals surface area contributed by atoms with Crippen molar-refractivity contribution in [1.82, 2.24) is 10.3 Å². The summed E-state index contributed by atoms with van der Waals surface area (Å²) in [6.07, 6.45) is 3.79. The van der Waals surface area contributed by atoms with Gasteiger partial charge in [0.1, 0.15) is 0 Å². The molecule has 0 atom stereocenters. The Hall–Kier alpha value is -1.63. The molecule has 0 aliphatic rings. The summed E-state index contributed by atoms with van der Waals surface area (Å²) in [7, 11) is 0. The summed E-state index contributed by atoms with van der Waals surface area (Å²) in [6.45, 7) is 0.536. The molecule has 0 aliphatic heterocycles. The highest BCUT2D eigenvalue weighted by Gasteiger charge is 2.10. The number of rotatable bonds is 5. The number of hydrogen-bond acceptors (Lipinski definition) is 5. The van der Waals surface area contributed by atoms with Gasteiger partial charge < -0.3 is 10.7 Å². The van der Waals surface area contributed by atoms with Crippen LogP contribution in [0.4, 0.5) is 5.69 Å². The number of nitrogen functional groups attached to an aromatic ring is 1. The predicted octanol–water partition coefficient (Wildman–Crippen LogP) is 2.05. The van der Waals surface area contributed by atoms with Gasteiger partial charge in [-0.15, -0.1) is 11.3 Å². The molecule has 0 aromatic carbocycles. The van der Waals surface area contributed by atoms with Crippen molar-refractivity contribution in [2.75, 3.05) is 12.0 Å². The van der Waals surface area contributed by atoms with Crippen LogP contribution in [0.5, 0.6) is 0 Å². The Morgan fingerprint density at radius 1 is 1.42 bits per heavy atom. The van der Waals surface area contributed by atoms with Crippen molar-refractivity contribution in [2.24, 2.45) is 5.84 Å². The molecule has 0 saturated heterocycles. The van der Waals surface area contributed by atoms with E-state index in [1.54, 1.807) is 12.3 Å². The lowest BCUT2D eigenvalue weighted by molar-refractivity contribution is 0.0954. The van der Waals surface area contributed by atoms with Crippen LogP contribution in [-0.2, 0) is 6.42 Å². The SMILES string of the molecule is NNc1ccncc1C(=O)NCCc1ccc(Cl)s1. The fourth-order valence-corrected chi connectivity index (χ4v) is 2.67. The molecule has 0 fully saturated rings. The van der Waals surface area contributed by atoms with Crippen molar-refractivity contribution in [3.63, 3.8) is 0 Å². The van der Waals surface area contributed by atoms with Crippen molar-refractivity contribution < 1.29 is 4.79 Å². The zero-order valence-electron chi connectivity index (χ0n) is 10.0. The molecule has 2 heterocycles. The maximum Gasteiger partial charge on any atom is 0.255 e. The number of nitrogens with two attached hydrogens (primary N) is 1. The van der Waals surface area contributed by atoms with Gasteiger partial charge in [0.05, 0.1) is 15.6 Å². The Labute approximate surface area is 119 Å². The van der Waals surface area contributed by atoms with Crippen LogP contribution in [0.3, 0.4) is 0 Å². The fraction of sp³-hybridized carbons (Fsp3) is 0.167. The number of anilines is 1. The first-order valence-corrected chi connectivity index (χ1v) is 6.83. The third kappa shape index (κ3) is 3.66.